The number of nitrogens with one attached hydrogen (secondary N) is 2. The van der Waals surface area contributed by atoms with Gasteiger partial charge in [-0.2, -0.15) is 13.2 Å². The topological polar surface area (TPSA) is 53.6 Å². The number of ether oxygens (including phenoxy) is 1. The summed E-state index contributed by atoms with van der Waals surface area (Å²) in [5, 5.41) is 5.53. The molecule has 152 valence electrons. The van der Waals surface area contributed by atoms with Crippen LogP contribution in [0, 0.1) is 0 Å². The number of likely N-dealkylation sites (N-methyl/N-ethyl adjacent to an activating group) is 1. The molecule has 0 aromatic heterocycles. The van der Waals surface area contributed by atoms with Crippen LogP contribution in [0.15, 0.2) is 48.5 Å². The van der Waals surface area contributed by atoms with E-state index in [-0.39, 0.29) is 24.2 Å². The smallest absolute Gasteiger partial charge is 0.416 e. The summed E-state index contributed by atoms with van der Waals surface area (Å²) in [5.74, 6) is 0.400. The number of hydrogen-bond acceptors (Lipinski definition) is 4. The molecule has 1 atom stereocenters. The molecule has 0 saturated heterocycles. The summed E-state index contributed by atoms with van der Waals surface area (Å²) in [5.41, 5.74) is 0.404. The zero-order valence-electron chi connectivity index (χ0n) is 16.0. The number of para-hydroxylation sites is 1. The van der Waals surface area contributed by atoms with E-state index in [0.717, 1.165) is 23.4 Å². The van der Waals surface area contributed by atoms with Crippen molar-refractivity contribution in [2.24, 2.45) is 0 Å². The molecule has 5 nitrogen and oxygen atoms in total. The third-order valence-corrected chi connectivity index (χ3v) is 4.26. The first kappa shape index (κ1) is 21.6. The molecule has 0 heterocycles. The lowest BCUT2D eigenvalue weighted by Crippen LogP contribution is -2.37. The molecule has 0 fully saturated rings. The van der Waals surface area contributed by atoms with Crippen molar-refractivity contribution >= 4 is 11.6 Å². The van der Waals surface area contributed by atoms with Gasteiger partial charge in [0.1, 0.15) is 5.75 Å². The van der Waals surface area contributed by atoms with Crippen LogP contribution in [0.1, 0.15) is 17.2 Å². The van der Waals surface area contributed by atoms with E-state index in [2.05, 4.69) is 10.6 Å². The lowest BCUT2D eigenvalue weighted by Gasteiger charge is -2.26. The van der Waals surface area contributed by atoms with Gasteiger partial charge >= 0.3 is 6.18 Å². The molecule has 0 saturated carbocycles. The first-order valence-electron chi connectivity index (χ1n) is 8.69. The Morgan fingerprint density at radius 2 is 1.86 bits per heavy atom. The van der Waals surface area contributed by atoms with Gasteiger partial charge in [0.2, 0.25) is 5.91 Å². The minimum atomic E-state index is -4.42. The molecule has 0 radical (unpaired) electrons. The number of alkyl halides is 3. The van der Waals surface area contributed by atoms with E-state index < -0.39 is 11.7 Å². The summed E-state index contributed by atoms with van der Waals surface area (Å²) in [6.07, 6.45) is -4.42. The van der Waals surface area contributed by atoms with Crippen LogP contribution >= 0.6 is 0 Å². The van der Waals surface area contributed by atoms with Crippen molar-refractivity contribution in [3.8, 4) is 5.75 Å². The standard InChI is InChI=1S/C20H24F3N3O2/c1-26(2)17(16-9-4-5-10-18(16)28-3)12-25-19(27)13-24-15-8-6-7-14(11-15)20(21,22)23/h4-11,17,24H,12-13H2,1-3H3,(H,25,27). The van der Waals surface area contributed by atoms with Crippen molar-refractivity contribution in [1.82, 2.24) is 10.2 Å². The molecule has 1 amide bonds. The Kier molecular flexibility index (Phi) is 7.28. The van der Waals surface area contributed by atoms with Gasteiger partial charge in [-0.3, -0.25) is 4.79 Å². The third kappa shape index (κ3) is 5.88. The summed E-state index contributed by atoms with van der Waals surface area (Å²) < 4.78 is 43.6. The van der Waals surface area contributed by atoms with Gasteiger partial charge in [-0.1, -0.05) is 24.3 Å². The Hall–Kier alpha value is -2.74. The third-order valence-electron chi connectivity index (χ3n) is 4.26. The Morgan fingerprint density at radius 3 is 2.50 bits per heavy atom. The van der Waals surface area contributed by atoms with Gasteiger partial charge in [0.15, 0.2) is 0 Å². The Balaban J connectivity index is 1.95. The van der Waals surface area contributed by atoms with Crippen LogP contribution in [0.2, 0.25) is 0 Å². The predicted molar refractivity (Wildman–Crippen MR) is 102 cm³/mol. The number of amides is 1. The monoisotopic (exact) mass is 395 g/mol. The van der Waals surface area contributed by atoms with Crippen LogP contribution in [-0.4, -0.2) is 45.1 Å². The molecule has 0 aliphatic carbocycles. The second-order valence-corrected chi connectivity index (χ2v) is 6.46. The number of nitrogens with zero attached hydrogens (tertiary/aromatic N) is 1. The molecule has 0 spiro atoms. The number of carbonyl (C=O) groups is 1. The van der Waals surface area contributed by atoms with Crippen molar-refractivity contribution in [3.05, 3.63) is 59.7 Å². The Labute approximate surface area is 162 Å². The van der Waals surface area contributed by atoms with Crippen molar-refractivity contribution in [3.63, 3.8) is 0 Å². The predicted octanol–water partition coefficient (Wildman–Crippen LogP) is 3.55. The van der Waals surface area contributed by atoms with Crippen LogP contribution in [-0.2, 0) is 11.0 Å². The molecule has 2 N–H and O–H groups in total. The first-order chi connectivity index (χ1) is 13.2. The molecule has 2 aromatic rings. The number of anilines is 1. The van der Waals surface area contributed by atoms with E-state index in [1.165, 1.54) is 12.1 Å². The molecule has 2 rings (SSSR count). The number of benzene rings is 2. The summed E-state index contributed by atoms with van der Waals surface area (Å²) in [7, 11) is 5.37. The minimum absolute atomic E-state index is 0.117. The normalized spacial score (nSPS) is 12.5. The summed E-state index contributed by atoms with van der Waals surface area (Å²) in [6, 6.07) is 12.2. The largest absolute Gasteiger partial charge is 0.496 e. The zero-order chi connectivity index (χ0) is 20.7. The molecule has 28 heavy (non-hydrogen) atoms. The second kappa shape index (κ2) is 9.45. The first-order valence-corrected chi connectivity index (χ1v) is 8.69. The molecular weight excluding hydrogens is 371 g/mol. The zero-order valence-corrected chi connectivity index (χ0v) is 16.0. The number of hydrogen-bond donors (Lipinski definition) is 2. The maximum atomic E-state index is 12.8. The van der Waals surface area contributed by atoms with Gasteiger partial charge in [-0.25, -0.2) is 0 Å². The van der Waals surface area contributed by atoms with E-state index in [1.807, 2.05) is 43.3 Å². The van der Waals surface area contributed by atoms with E-state index >= 15 is 0 Å². The van der Waals surface area contributed by atoms with Crippen LogP contribution in [0.3, 0.4) is 0 Å². The fourth-order valence-electron chi connectivity index (χ4n) is 2.77. The van der Waals surface area contributed by atoms with Gasteiger partial charge in [-0.15, -0.1) is 0 Å². The molecule has 0 bridgehead atoms. The average Bonchev–Trinajstić information content (AvgIpc) is 2.66. The average molecular weight is 395 g/mol. The van der Waals surface area contributed by atoms with Crippen LogP contribution < -0.4 is 15.4 Å². The van der Waals surface area contributed by atoms with Gasteiger partial charge in [0.05, 0.1) is 25.3 Å². The quantitative estimate of drug-likeness (QED) is 0.718. The molecular formula is C20H24F3N3O2. The highest BCUT2D eigenvalue weighted by Gasteiger charge is 2.30. The van der Waals surface area contributed by atoms with Crippen molar-refractivity contribution in [2.75, 3.05) is 39.6 Å². The lowest BCUT2D eigenvalue weighted by molar-refractivity contribution is -0.137. The van der Waals surface area contributed by atoms with E-state index in [1.54, 1.807) is 7.11 Å². The lowest BCUT2D eigenvalue weighted by atomic mass is 10.0. The highest BCUT2D eigenvalue weighted by Crippen LogP contribution is 2.30. The van der Waals surface area contributed by atoms with E-state index in [4.69, 9.17) is 4.74 Å². The number of methoxy groups -OCH3 is 1. The van der Waals surface area contributed by atoms with Crippen LogP contribution in [0.25, 0.3) is 0 Å². The van der Waals surface area contributed by atoms with E-state index in [9.17, 15) is 18.0 Å². The van der Waals surface area contributed by atoms with Gasteiger partial charge in [0, 0.05) is 17.8 Å². The van der Waals surface area contributed by atoms with E-state index in [0.29, 0.717) is 6.54 Å². The summed E-state index contributed by atoms with van der Waals surface area (Å²) in [4.78, 5) is 14.1. The summed E-state index contributed by atoms with van der Waals surface area (Å²) >= 11 is 0. The van der Waals surface area contributed by atoms with Crippen molar-refractivity contribution in [1.29, 1.82) is 0 Å². The number of carbonyl (C=O) groups excluding carboxylic acids is 1. The molecule has 8 heteroatoms. The highest BCUT2D eigenvalue weighted by molar-refractivity contribution is 5.80. The molecule has 0 aliphatic rings. The summed E-state index contributed by atoms with van der Waals surface area (Å²) in [6.45, 7) is 0.198. The fourth-order valence-corrected chi connectivity index (χ4v) is 2.77. The van der Waals surface area contributed by atoms with Crippen LogP contribution in [0.4, 0.5) is 18.9 Å². The Morgan fingerprint density at radius 1 is 1.14 bits per heavy atom. The maximum absolute atomic E-state index is 12.8. The van der Waals surface area contributed by atoms with Crippen molar-refractivity contribution < 1.29 is 22.7 Å². The van der Waals surface area contributed by atoms with Gasteiger partial charge < -0.3 is 20.3 Å². The molecule has 2 aromatic carbocycles. The van der Waals surface area contributed by atoms with Crippen molar-refractivity contribution in [2.45, 2.75) is 12.2 Å². The Bertz CT molecular complexity index is 794. The molecule has 1 unspecified atom stereocenters. The van der Waals surface area contributed by atoms with Gasteiger partial charge in [0.25, 0.3) is 0 Å². The highest BCUT2D eigenvalue weighted by atomic mass is 19.4. The number of rotatable bonds is 8. The SMILES string of the molecule is COc1ccccc1C(CNC(=O)CNc1cccc(C(F)(F)F)c1)N(C)C. The minimum Gasteiger partial charge on any atom is -0.496 e. The van der Waals surface area contributed by atoms with Crippen LogP contribution in [0.5, 0.6) is 5.75 Å². The number of halogens is 3. The second-order valence-electron chi connectivity index (χ2n) is 6.46. The van der Waals surface area contributed by atoms with Gasteiger partial charge in [-0.05, 0) is 38.4 Å². The fraction of sp³-hybridized carbons (Fsp3) is 0.350. The molecule has 0 aliphatic heterocycles. The maximum Gasteiger partial charge on any atom is 0.416 e.